The lowest BCUT2D eigenvalue weighted by molar-refractivity contribution is -0.120. The lowest BCUT2D eigenvalue weighted by Crippen LogP contribution is -2.29. The first-order valence-corrected chi connectivity index (χ1v) is 7.88. The number of benzene rings is 2. The normalized spacial score (nSPS) is 15.5. The van der Waals surface area contributed by atoms with Gasteiger partial charge >= 0.3 is 0 Å². The zero-order valence-electron chi connectivity index (χ0n) is 11.5. The van der Waals surface area contributed by atoms with Crippen molar-refractivity contribution < 1.29 is 9.18 Å². The molecule has 3 rings (SSSR count). The Balaban J connectivity index is 1.85. The molecule has 0 radical (unpaired) electrons. The van der Waals surface area contributed by atoms with Gasteiger partial charge in [0.05, 0.1) is 0 Å². The summed E-state index contributed by atoms with van der Waals surface area (Å²) in [5, 5.41) is 2.58. The summed E-state index contributed by atoms with van der Waals surface area (Å²) in [6.45, 7) is 0. The summed E-state index contributed by atoms with van der Waals surface area (Å²) in [5.41, 5.74) is 0.893. The van der Waals surface area contributed by atoms with Crippen molar-refractivity contribution in [1.82, 2.24) is 5.32 Å². The Morgan fingerprint density at radius 3 is 2.43 bits per heavy atom. The first-order chi connectivity index (χ1) is 10.2. The van der Waals surface area contributed by atoms with Crippen molar-refractivity contribution in [2.45, 2.75) is 29.0 Å². The Morgan fingerprint density at radius 2 is 1.76 bits per heavy atom. The maximum atomic E-state index is 13.9. The van der Waals surface area contributed by atoms with Crippen LogP contribution in [-0.4, -0.2) is 11.9 Å². The number of hydrogen-bond donors (Lipinski definition) is 1. The summed E-state index contributed by atoms with van der Waals surface area (Å²) in [4.78, 5) is 13.0. The molecule has 1 aliphatic rings. The average Bonchev–Trinajstić information content (AvgIpc) is 3.31. The minimum Gasteiger partial charge on any atom is -0.352 e. The van der Waals surface area contributed by atoms with E-state index in [4.69, 9.17) is 0 Å². The van der Waals surface area contributed by atoms with Crippen LogP contribution in [-0.2, 0) is 4.79 Å². The van der Waals surface area contributed by atoms with E-state index in [9.17, 15) is 9.18 Å². The van der Waals surface area contributed by atoms with Crippen LogP contribution >= 0.6 is 11.8 Å². The molecule has 2 nitrogen and oxygen atoms in total. The first-order valence-electron chi connectivity index (χ1n) is 7.00. The molecule has 0 heterocycles. The molecule has 0 saturated heterocycles. The summed E-state index contributed by atoms with van der Waals surface area (Å²) in [6.07, 6.45) is 2.08. The van der Waals surface area contributed by atoms with Crippen molar-refractivity contribution in [3.63, 3.8) is 0 Å². The van der Waals surface area contributed by atoms with Crippen molar-refractivity contribution >= 4 is 17.7 Å². The van der Waals surface area contributed by atoms with Gasteiger partial charge in [-0.15, -0.1) is 11.8 Å². The van der Waals surface area contributed by atoms with Crippen LogP contribution in [0.3, 0.4) is 0 Å². The molecule has 2 aromatic rings. The molecule has 1 amide bonds. The second-order valence-corrected chi connectivity index (χ2v) is 6.27. The molecule has 1 atom stereocenters. The fourth-order valence-electron chi connectivity index (χ4n) is 2.07. The zero-order valence-corrected chi connectivity index (χ0v) is 12.3. The minimum atomic E-state index is -0.427. The highest BCUT2D eigenvalue weighted by atomic mass is 32.2. The lowest BCUT2D eigenvalue weighted by Gasteiger charge is -2.17. The molecular weight excluding hydrogens is 285 g/mol. The number of nitrogens with one attached hydrogen (secondary N) is 1. The van der Waals surface area contributed by atoms with Gasteiger partial charge in [0.15, 0.2) is 0 Å². The number of thioether (sulfide) groups is 1. The first kappa shape index (κ1) is 14.1. The van der Waals surface area contributed by atoms with E-state index in [2.05, 4.69) is 5.32 Å². The fraction of sp³-hybridized carbons (Fsp3) is 0.235. The summed E-state index contributed by atoms with van der Waals surface area (Å²) in [5.74, 6) is -0.334. The highest BCUT2D eigenvalue weighted by molar-refractivity contribution is 8.00. The summed E-state index contributed by atoms with van der Waals surface area (Å²) in [7, 11) is 0. The predicted molar refractivity (Wildman–Crippen MR) is 82.6 cm³/mol. The lowest BCUT2D eigenvalue weighted by atomic mass is 10.1. The van der Waals surface area contributed by atoms with Crippen molar-refractivity contribution in [2.24, 2.45) is 0 Å². The van der Waals surface area contributed by atoms with Gasteiger partial charge in [0.2, 0.25) is 5.91 Å². The smallest absolute Gasteiger partial charge is 0.238 e. The maximum absolute atomic E-state index is 13.9. The van der Waals surface area contributed by atoms with Crippen molar-refractivity contribution in [2.75, 3.05) is 0 Å². The van der Waals surface area contributed by atoms with E-state index in [0.29, 0.717) is 10.9 Å². The van der Waals surface area contributed by atoms with Crippen LogP contribution in [0.25, 0.3) is 0 Å². The minimum absolute atomic E-state index is 0.0445. The fourth-order valence-corrected chi connectivity index (χ4v) is 3.13. The molecule has 0 unspecified atom stereocenters. The quantitative estimate of drug-likeness (QED) is 0.848. The Morgan fingerprint density at radius 1 is 1.10 bits per heavy atom. The summed E-state index contributed by atoms with van der Waals surface area (Å²) in [6, 6.07) is 16.4. The van der Waals surface area contributed by atoms with Crippen LogP contribution in [0.4, 0.5) is 4.39 Å². The Labute approximate surface area is 127 Å². The number of carbonyl (C=O) groups is 1. The highest BCUT2D eigenvalue weighted by Crippen LogP contribution is 2.37. The molecule has 21 heavy (non-hydrogen) atoms. The van der Waals surface area contributed by atoms with E-state index in [1.54, 1.807) is 18.2 Å². The van der Waals surface area contributed by atoms with Gasteiger partial charge in [-0.2, -0.15) is 0 Å². The summed E-state index contributed by atoms with van der Waals surface area (Å²) < 4.78 is 13.9. The second kappa shape index (κ2) is 6.31. The topological polar surface area (TPSA) is 29.1 Å². The molecule has 0 bridgehead atoms. The molecule has 0 spiro atoms. The zero-order chi connectivity index (χ0) is 14.7. The number of hydrogen-bond acceptors (Lipinski definition) is 2. The van der Waals surface area contributed by atoms with Gasteiger partial charge in [0.25, 0.3) is 0 Å². The number of halogens is 1. The third-order valence-electron chi connectivity index (χ3n) is 3.35. The van der Waals surface area contributed by atoms with Crippen LogP contribution in [0, 0.1) is 5.82 Å². The summed E-state index contributed by atoms with van der Waals surface area (Å²) >= 11 is 1.26. The molecule has 1 fully saturated rings. The third-order valence-corrected chi connectivity index (χ3v) is 4.65. The van der Waals surface area contributed by atoms with Crippen molar-refractivity contribution in [3.05, 3.63) is 66.0 Å². The average molecular weight is 301 g/mol. The van der Waals surface area contributed by atoms with Crippen LogP contribution in [0.5, 0.6) is 0 Å². The molecule has 2 aromatic carbocycles. The largest absolute Gasteiger partial charge is 0.352 e. The molecule has 4 heteroatoms. The Kier molecular flexibility index (Phi) is 4.25. The van der Waals surface area contributed by atoms with Crippen LogP contribution in [0.2, 0.25) is 0 Å². The molecule has 1 aliphatic carbocycles. The molecule has 0 aliphatic heterocycles. The van der Waals surface area contributed by atoms with E-state index in [0.717, 1.165) is 18.4 Å². The number of carbonyl (C=O) groups excluding carboxylic acids is 1. The van der Waals surface area contributed by atoms with Gasteiger partial charge < -0.3 is 5.32 Å². The number of amides is 1. The molecule has 1 N–H and O–H groups in total. The SMILES string of the molecule is O=C(NC1CC1)[C@@H](Sc1ccccc1F)c1ccccc1. The molecule has 108 valence electrons. The standard InChI is InChI=1S/C17H16FNOS/c18-14-8-4-5-9-15(14)21-16(12-6-2-1-3-7-12)17(20)19-13-10-11-13/h1-9,13,16H,10-11H2,(H,19,20)/t16-/m0/s1. The van der Waals surface area contributed by atoms with Gasteiger partial charge in [0, 0.05) is 10.9 Å². The third kappa shape index (κ3) is 3.64. The van der Waals surface area contributed by atoms with Crippen molar-refractivity contribution in [3.8, 4) is 0 Å². The van der Waals surface area contributed by atoms with Crippen LogP contribution in [0.1, 0.15) is 23.7 Å². The van der Waals surface area contributed by atoms with Gasteiger partial charge in [-0.1, -0.05) is 42.5 Å². The second-order valence-electron chi connectivity index (χ2n) is 5.12. The van der Waals surface area contributed by atoms with Crippen LogP contribution < -0.4 is 5.32 Å². The Bertz CT molecular complexity index is 628. The maximum Gasteiger partial charge on any atom is 0.238 e. The van der Waals surface area contributed by atoms with Gasteiger partial charge in [-0.05, 0) is 30.5 Å². The van der Waals surface area contributed by atoms with Crippen LogP contribution in [0.15, 0.2) is 59.5 Å². The Hall–Kier alpha value is -1.81. The molecule has 1 saturated carbocycles. The van der Waals surface area contributed by atoms with Gasteiger partial charge in [0.1, 0.15) is 11.1 Å². The highest BCUT2D eigenvalue weighted by Gasteiger charge is 2.29. The van der Waals surface area contributed by atoms with E-state index in [-0.39, 0.29) is 11.7 Å². The van der Waals surface area contributed by atoms with Crippen molar-refractivity contribution in [1.29, 1.82) is 0 Å². The molecule has 0 aromatic heterocycles. The van der Waals surface area contributed by atoms with E-state index < -0.39 is 5.25 Å². The monoisotopic (exact) mass is 301 g/mol. The molecular formula is C17H16FNOS. The van der Waals surface area contributed by atoms with Gasteiger partial charge in [-0.3, -0.25) is 4.79 Å². The predicted octanol–water partition coefficient (Wildman–Crippen LogP) is 3.94. The van der Waals surface area contributed by atoms with E-state index >= 15 is 0 Å². The van der Waals surface area contributed by atoms with E-state index in [1.807, 2.05) is 30.3 Å². The van der Waals surface area contributed by atoms with Gasteiger partial charge in [-0.25, -0.2) is 4.39 Å². The van der Waals surface area contributed by atoms with E-state index in [1.165, 1.54) is 17.8 Å². The number of rotatable bonds is 5.